The average molecular weight is 692 g/mol. The van der Waals surface area contributed by atoms with Crippen molar-refractivity contribution in [1.29, 1.82) is 0 Å². The lowest BCUT2D eigenvalue weighted by Gasteiger charge is -2.22. The quantitative estimate of drug-likeness (QED) is 0.0437. The number of carbonyl (C=O) groups excluding carboxylic acids is 2. The molecule has 0 aliphatic carbocycles. The summed E-state index contributed by atoms with van der Waals surface area (Å²) >= 11 is 0. The van der Waals surface area contributed by atoms with Crippen LogP contribution in [0.3, 0.4) is 0 Å². The summed E-state index contributed by atoms with van der Waals surface area (Å²) < 4.78 is 21.7. The van der Waals surface area contributed by atoms with Crippen molar-refractivity contribution in [3.63, 3.8) is 0 Å². The van der Waals surface area contributed by atoms with Gasteiger partial charge >= 0.3 is 7.82 Å². The molecule has 0 aromatic rings. The second kappa shape index (κ2) is 33.7. The van der Waals surface area contributed by atoms with E-state index in [2.05, 4.69) is 18.4 Å². The van der Waals surface area contributed by atoms with Gasteiger partial charge in [0.2, 0.25) is 11.8 Å². The molecule has 2 amide bonds. The van der Waals surface area contributed by atoms with Gasteiger partial charge in [-0.1, -0.05) is 168 Å². The Kier molecular flexibility index (Phi) is 33.1. The van der Waals surface area contributed by atoms with Gasteiger partial charge in [-0.05, 0) is 12.8 Å². The molecular weight excluding hydrogens is 617 g/mol. The van der Waals surface area contributed by atoms with E-state index in [0.29, 0.717) is 12.8 Å². The molecule has 0 saturated heterocycles. The fourth-order valence-electron chi connectivity index (χ4n) is 5.76. The summed E-state index contributed by atoms with van der Waals surface area (Å²) in [4.78, 5) is 37.1. The molecule has 0 bridgehead atoms. The standard InChI is InChI=1S/C37H74NO8P/c1-3-5-7-9-11-13-15-17-19-21-23-25-27-29-36(41)38(31-32-45-47(43,44)46-34-35(40)33-39)37(42)30-28-26-24-22-20-18-16-14-12-10-8-6-4-2/h35,39-40H,3-34H2,1-2H3,(H,43,44). The number of phosphoric ester groups is 1. The van der Waals surface area contributed by atoms with Crippen molar-refractivity contribution < 1.29 is 38.3 Å². The van der Waals surface area contributed by atoms with Crippen LogP contribution in [0.5, 0.6) is 0 Å². The molecule has 0 aliphatic heterocycles. The number of phosphoric acid groups is 1. The summed E-state index contributed by atoms with van der Waals surface area (Å²) in [5, 5.41) is 18.2. The largest absolute Gasteiger partial charge is 0.472 e. The highest BCUT2D eigenvalue weighted by Crippen LogP contribution is 2.43. The van der Waals surface area contributed by atoms with Gasteiger partial charge in [-0.2, -0.15) is 0 Å². The monoisotopic (exact) mass is 692 g/mol. The number of aliphatic hydroxyl groups excluding tert-OH is 2. The topological polar surface area (TPSA) is 134 Å². The molecule has 2 atom stereocenters. The third-order valence-corrected chi connectivity index (χ3v) is 9.78. The van der Waals surface area contributed by atoms with E-state index < -0.39 is 27.1 Å². The van der Waals surface area contributed by atoms with Gasteiger partial charge in [-0.3, -0.25) is 23.5 Å². The fraction of sp³-hybridized carbons (Fsp3) is 0.946. The van der Waals surface area contributed by atoms with Gasteiger partial charge in [0, 0.05) is 12.8 Å². The van der Waals surface area contributed by atoms with E-state index in [1.807, 2.05) is 0 Å². The summed E-state index contributed by atoms with van der Waals surface area (Å²) in [6, 6.07) is 0. The molecule has 0 radical (unpaired) electrons. The molecule has 0 aromatic carbocycles. The number of aliphatic hydroxyl groups is 2. The molecule has 280 valence electrons. The van der Waals surface area contributed by atoms with Gasteiger partial charge in [-0.15, -0.1) is 0 Å². The minimum atomic E-state index is -4.50. The Labute approximate surface area is 288 Å². The minimum Gasteiger partial charge on any atom is -0.394 e. The zero-order valence-corrected chi connectivity index (χ0v) is 31.4. The first-order valence-electron chi connectivity index (χ1n) is 19.5. The van der Waals surface area contributed by atoms with E-state index in [1.165, 1.54) is 120 Å². The summed E-state index contributed by atoms with van der Waals surface area (Å²) in [5.74, 6) is -0.554. The number of carbonyl (C=O) groups is 2. The number of unbranched alkanes of at least 4 members (excludes halogenated alkanes) is 24. The molecule has 0 aliphatic rings. The molecule has 9 nitrogen and oxygen atoms in total. The Bertz CT molecular complexity index is 727. The smallest absolute Gasteiger partial charge is 0.394 e. The molecule has 0 rings (SSSR count). The Hall–Kier alpha value is -0.830. The molecule has 47 heavy (non-hydrogen) atoms. The molecule has 3 N–H and O–H groups in total. The van der Waals surface area contributed by atoms with Crippen LogP contribution in [-0.4, -0.2) is 64.3 Å². The van der Waals surface area contributed by atoms with Crippen molar-refractivity contribution in [2.24, 2.45) is 0 Å². The number of rotatable bonds is 36. The van der Waals surface area contributed by atoms with E-state index in [9.17, 15) is 24.2 Å². The van der Waals surface area contributed by atoms with Crippen LogP contribution in [0.2, 0.25) is 0 Å². The molecule has 0 spiro atoms. The van der Waals surface area contributed by atoms with E-state index >= 15 is 0 Å². The lowest BCUT2D eigenvalue weighted by atomic mass is 10.0. The van der Waals surface area contributed by atoms with Crippen LogP contribution in [0.4, 0.5) is 0 Å². The first-order chi connectivity index (χ1) is 22.8. The Balaban J connectivity index is 4.40. The highest BCUT2D eigenvalue weighted by Gasteiger charge is 2.25. The van der Waals surface area contributed by atoms with Crippen molar-refractivity contribution in [3.8, 4) is 0 Å². The van der Waals surface area contributed by atoms with Crippen molar-refractivity contribution >= 4 is 19.6 Å². The summed E-state index contributed by atoms with van der Waals surface area (Å²) in [5.41, 5.74) is 0. The van der Waals surface area contributed by atoms with Crippen LogP contribution < -0.4 is 0 Å². The molecule has 2 unspecified atom stereocenters. The maximum absolute atomic E-state index is 13.1. The Morgan fingerprint density at radius 2 is 0.894 bits per heavy atom. The number of amides is 2. The van der Waals surface area contributed by atoms with Gasteiger partial charge in [0.05, 0.1) is 26.4 Å². The van der Waals surface area contributed by atoms with Gasteiger partial charge < -0.3 is 15.1 Å². The van der Waals surface area contributed by atoms with Gasteiger partial charge in [0.25, 0.3) is 0 Å². The zero-order chi connectivity index (χ0) is 34.9. The third kappa shape index (κ3) is 30.9. The first kappa shape index (κ1) is 46.2. The Morgan fingerprint density at radius 1 is 0.574 bits per heavy atom. The Morgan fingerprint density at radius 3 is 1.21 bits per heavy atom. The predicted octanol–water partition coefficient (Wildman–Crippen LogP) is 9.79. The van der Waals surface area contributed by atoms with Crippen LogP contribution in [0.25, 0.3) is 0 Å². The maximum Gasteiger partial charge on any atom is 0.472 e. The fourth-order valence-corrected chi connectivity index (χ4v) is 6.51. The number of nitrogens with zero attached hydrogens (tertiary/aromatic N) is 1. The van der Waals surface area contributed by atoms with Crippen LogP contribution in [-0.2, 0) is 23.2 Å². The van der Waals surface area contributed by atoms with Crippen LogP contribution in [0.1, 0.15) is 194 Å². The molecular formula is C37H74NO8P. The molecule has 0 fully saturated rings. The molecule has 10 heteroatoms. The summed E-state index contributed by atoms with van der Waals surface area (Å²) in [6.45, 7) is 2.82. The van der Waals surface area contributed by atoms with Gasteiger partial charge in [0.1, 0.15) is 6.10 Å². The average Bonchev–Trinajstić information content (AvgIpc) is 3.06. The van der Waals surface area contributed by atoms with Crippen molar-refractivity contribution in [1.82, 2.24) is 4.90 Å². The van der Waals surface area contributed by atoms with Crippen molar-refractivity contribution in [2.75, 3.05) is 26.4 Å². The highest BCUT2D eigenvalue weighted by molar-refractivity contribution is 7.47. The van der Waals surface area contributed by atoms with Crippen LogP contribution >= 0.6 is 7.82 Å². The summed E-state index contributed by atoms with van der Waals surface area (Å²) in [7, 11) is -4.50. The highest BCUT2D eigenvalue weighted by atomic mass is 31.2. The van der Waals surface area contributed by atoms with Gasteiger partial charge in [-0.25, -0.2) is 4.57 Å². The lowest BCUT2D eigenvalue weighted by Crippen LogP contribution is -2.39. The van der Waals surface area contributed by atoms with Crippen molar-refractivity contribution in [3.05, 3.63) is 0 Å². The number of hydrogen-bond donors (Lipinski definition) is 3. The molecule has 0 heterocycles. The second-order valence-corrected chi connectivity index (χ2v) is 14.8. The molecule has 0 saturated carbocycles. The van der Waals surface area contributed by atoms with E-state index in [-0.39, 0.29) is 37.8 Å². The van der Waals surface area contributed by atoms with E-state index in [1.54, 1.807) is 0 Å². The first-order valence-corrected chi connectivity index (χ1v) is 21.0. The minimum absolute atomic E-state index is 0.134. The van der Waals surface area contributed by atoms with Gasteiger partial charge in [0.15, 0.2) is 0 Å². The number of hydrogen-bond acceptors (Lipinski definition) is 7. The predicted molar refractivity (Wildman–Crippen MR) is 192 cm³/mol. The summed E-state index contributed by atoms with van der Waals surface area (Å²) in [6.07, 6.45) is 30.6. The van der Waals surface area contributed by atoms with E-state index in [4.69, 9.17) is 9.63 Å². The molecule has 0 aromatic heterocycles. The van der Waals surface area contributed by atoms with Crippen LogP contribution in [0, 0.1) is 0 Å². The SMILES string of the molecule is CCCCCCCCCCCCCCCC(=O)N(CCOP(=O)(O)OCC(O)CO)C(=O)CCCCCCCCCCCCCCC. The second-order valence-electron chi connectivity index (χ2n) is 13.4. The van der Waals surface area contributed by atoms with Crippen LogP contribution in [0.15, 0.2) is 0 Å². The van der Waals surface area contributed by atoms with E-state index in [0.717, 1.165) is 38.5 Å². The lowest BCUT2D eigenvalue weighted by molar-refractivity contribution is -0.145. The third-order valence-electron chi connectivity index (χ3n) is 8.80. The van der Waals surface area contributed by atoms with Crippen molar-refractivity contribution in [2.45, 2.75) is 200 Å². The number of imide groups is 1. The normalized spacial score (nSPS) is 13.5. The maximum atomic E-state index is 13.1. The zero-order valence-electron chi connectivity index (χ0n) is 30.5.